The Morgan fingerprint density at radius 3 is 1.81 bits per heavy atom. The average molecular weight is 410 g/mol. The molecule has 0 bridgehead atoms. The third-order valence-corrected chi connectivity index (χ3v) is 3.93. The van der Waals surface area contributed by atoms with Gasteiger partial charge in [-0.2, -0.15) is 13.2 Å². The molecule has 0 spiro atoms. The zero-order valence-corrected chi connectivity index (χ0v) is 13.3. The van der Waals surface area contributed by atoms with Crippen LogP contribution < -0.4 is 5.84 Å². The Kier molecular flexibility index (Phi) is 5.12. The second kappa shape index (κ2) is 6.58. The highest BCUT2D eigenvalue weighted by Crippen LogP contribution is 2.43. The minimum absolute atomic E-state index is 0.329. The smallest absolute Gasteiger partial charge is 0.312 e. The Hall–Kier alpha value is -2.08. The summed E-state index contributed by atoms with van der Waals surface area (Å²) < 4.78 is 108. The van der Waals surface area contributed by atoms with Gasteiger partial charge in [-0.1, -0.05) is 11.6 Å². The number of nitrogens with zero attached hydrogens (tertiary/aromatic N) is 2. The third-order valence-electron chi connectivity index (χ3n) is 3.58. The fraction of sp³-hybridized carbons (Fsp3) is 0.308. The van der Waals surface area contributed by atoms with Crippen LogP contribution in [0.15, 0.2) is 10.7 Å². The van der Waals surface area contributed by atoms with E-state index in [-0.39, 0.29) is 5.01 Å². The summed E-state index contributed by atoms with van der Waals surface area (Å²) in [6.07, 6.45) is -7.82. The second-order valence-corrected chi connectivity index (χ2v) is 5.39. The van der Waals surface area contributed by atoms with Crippen LogP contribution in [0.3, 0.4) is 0 Å². The first kappa shape index (κ1) is 20.2. The van der Waals surface area contributed by atoms with E-state index in [0.29, 0.717) is 4.90 Å². The maximum Gasteiger partial charge on any atom is 0.434 e. The molecule has 144 valence electrons. The van der Waals surface area contributed by atoms with Gasteiger partial charge in [0.15, 0.2) is 35.1 Å². The second-order valence-electron chi connectivity index (χ2n) is 5.02. The van der Waals surface area contributed by atoms with Crippen molar-refractivity contribution in [3.8, 4) is 0 Å². The summed E-state index contributed by atoms with van der Waals surface area (Å²) in [6, 6.07) is 0. The van der Waals surface area contributed by atoms with Gasteiger partial charge in [0, 0.05) is 6.54 Å². The highest BCUT2D eigenvalue weighted by atomic mass is 35.5. The van der Waals surface area contributed by atoms with Crippen LogP contribution in [-0.4, -0.2) is 28.5 Å². The van der Waals surface area contributed by atoms with E-state index in [4.69, 9.17) is 17.4 Å². The number of halogens is 9. The topological polar surface area (TPSA) is 49.6 Å². The predicted octanol–water partition coefficient (Wildman–Crippen LogP) is 3.43. The molecular weight excluding hydrogens is 402 g/mol. The van der Waals surface area contributed by atoms with Crippen molar-refractivity contribution < 1.29 is 39.9 Å². The van der Waals surface area contributed by atoms with E-state index in [9.17, 15) is 39.9 Å². The minimum Gasteiger partial charge on any atom is -0.312 e. The van der Waals surface area contributed by atoms with Crippen molar-refractivity contribution in [3.63, 3.8) is 0 Å². The first-order chi connectivity index (χ1) is 11.9. The standard InChI is InChI=1S/C13H8ClF8N3O/c1-2-24-11(3-5(15)7(17)9(19)8(18)6(3)16)25(23)10(13(20,21)22)4(14)12(24)26/h11H,2,23H2,1H3. The molecule has 0 saturated carbocycles. The highest BCUT2D eigenvalue weighted by Gasteiger charge is 2.51. The summed E-state index contributed by atoms with van der Waals surface area (Å²) in [4.78, 5) is 12.4. The predicted molar refractivity (Wildman–Crippen MR) is 71.3 cm³/mol. The lowest BCUT2D eigenvalue weighted by Gasteiger charge is -2.43. The van der Waals surface area contributed by atoms with Gasteiger partial charge < -0.3 is 4.90 Å². The van der Waals surface area contributed by atoms with Crippen LogP contribution in [0, 0.1) is 29.1 Å². The van der Waals surface area contributed by atoms with Crippen LogP contribution in [0.5, 0.6) is 0 Å². The number of carbonyl (C=O) groups excluding carboxylic acids is 1. The van der Waals surface area contributed by atoms with Crippen molar-refractivity contribution in [3.05, 3.63) is 45.4 Å². The number of benzene rings is 1. The largest absolute Gasteiger partial charge is 0.434 e. The number of hydrogen-bond donors (Lipinski definition) is 1. The molecule has 13 heteroatoms. The number of likely N-dealkylation sites (N-methyl/N-ethyl adjacent to an activating group) is 1. The zero-order valence-electron chi connectivity index (χ0n) is 12.6. The summed E-state index contributed by atoms with van der Waals surface area (Å²) in [6.45, 7) is 0.672. The van der Waals surface area contributed by atoms with E-state index in [2.05, 4.69) is 0 Å². The van der Waals surface area contributed by atoms with Crippen LogP contribution in [0.25, 0.3) is 0 Å². The van der Waals surface area contributed by atoms with E-state index in [1.54, 1.807) is 0 Å². The van der Waals surface area contributed by atoms with Crippen LogP contribution in [0.1, 0.15) is 18.7 Å². The van der Waals surface area contributed by atoms with E-state index < -0.39 is 70.2 Å². The lowest BCUT2D eigenvalue weighted by molar-refractivity contribution is -0.150. The molecule has 2 rings (SSSR count). The average Bonchev–Trinajstić information content (AvgIpc) is 2.54. The SMILES string of the molecule is CCN1C(=O)C(Cl)=C(C(F)(F)F)N(N)C1c1c(F)c(F)c(F)c(F)c1F. The normalized spacial score (nSPS) is 18.9. The van der Waals surface area contributed by atoms with E-state index in [1.165, 1.54) is 6.92 Å². The van der Waals surface area contributed by atoms with Gasteiger partial charge in [-0.05, 0) is 6.92 Å². The number of nitrogens with two attached hydrogens (primary N) is 1. The van der Waals surface area contributed by atoms with Gasteiger partial charge in [0.05, 0.1) is 5.56 Å². The van der Waals surface area contributed by atoms with Gasteiger partial charge in [-0.15, -0.1) is 0 Å². The van der Waals surface area contributed by atoms with Gasteiger partial charge in [0.1, 0.15) is 5.03 Å². The maximum atomic E-state index is 14.0. The quantitative estimate of drug-likeness (QED) is 0.352. The molecule has 2 N–H and O–H groups in total. The summed E-state index contributed by atoms with van der Waals surface area (Å²) >= 11 is 5.36. The monoisotopic (exact) mass is 409 g/mol. The molecule has 0 fully saturated rings. The van der Waals surface area contributed by atoms with Crippen LogP contribution in [0.2, 0.25) is 0 Å². The van der Waals surface area contributed by atoms with Crippen molar-refractivity contribution in [2.24, 2.45) is 5.84 Å². The lowest BCUT2D eigenvalue weighted by Crippen LogP contribution is -2.55. The number of amides is 1. The summed E-state index contributed by atoms with van der Waals surface area (Å²) in [5.74, 6) is -8.46. The summed E-state index contributed by atoms with van der Waals surface area (Å²) in [5.41, 5.74) is -3.70. The minimum atomic E-state index is -5.34. The first-order valence-corrected chi connectivity index (χ1v) is 7.07. The molecule has 1 amide bonds. The van der Waals surface area contributed by atoms with Crippen molar-refractivity contribution in [1.82, 2.24) is 9.91 Å². The molecular formula is C13H8ClF8N3O. The Balaban J connectivity index is 2.83. The Bertz CT molecular complexity index is 781. The van der Waals surface area contributed by atoms with Crippen LogP contribution in [-0.2, 0) is 4.79 Å². The zero-order chi connectivity index (χ0) is 20.1. The number of alkyl halides is 3. The van der Waals surface area contributed by atoms with Crippen molar-refractivity contribution in [2.75, 3.05) is 6.54 Å². The molecule has 1 aromatic rings. The van der Waals surface area contributed by atoms with E-state index in [0.717, 1.165) is 0 Å². The van der Waals surface area contributed by atoms with Crippen molar-refractivity contribution in [2.45, 2.75) is 19.3 Å². The highest BCUT2D eigenvalue weighted by molar-refractivity contribution is 6.42. The van der Waals surface area contributed by atoms with Gasteiger partial charge in [-0.25, -0.2) is 27.8 Å². The van der Waals surface area contributed by atoms with E-state index in [1.807, 2.05) is 0 Å². The Morgan fingerprint density at radius 1 is 1.00 bits per heavy atom. The molecule has 1 aromatic carbocycles. The van der Waals surface area contributed by atoms with Crippen molar-refractivity contribution >= 4 is 17.5 Å². The molecule has 1 aliphatic rings. The number of hydrazine groups is 1. The maximum absolute atomic E-state index is 14.0. The summed E-state index contributed by atoms with van der Waals surface area (Å²) in [7, 11) is 0. The van der Waals surface area contributed by atoms with E-state index >= 15 is 0 Å². The molecule has 0 aliphatic carbocycles. The molecule has 1 unspecified atom stereocenters. The number of rotatable bonds is 2. The number of allylic oxidation sites excluding steroid dienone is 1. The molecule has 0 radical (unpaired) electrons. The van der Waals surface area contributed by atoms with Gasteiger partial charge in [0.25, 0.3) is 5.91 Å². The van der Waals surface area contributed by atoms with Crippen LogP contribution in [0.4, 0.5) is 35.1 Å². The molecule has 1 aliphatic heterocycles. The third kappa shape index (κ3) is 2.86. The van der Waals surface area contributed by atoms with Gasteiger partial charge in [-0.3, -0.25) is 9.80 Å². The lowest BCUT2D eigenvalue weighted by atomic mass is 10.0. The van der Waals surface area contributed by atoms with Gasteiger partial charge >= 0.3 is 6.18 Å². The molecule has 1 atom stereocenters. The number of hydrogen-bond acceptors (Lipinski definition) is 3. The summed E-state index contributed by atoms with van der Waals surface area (Å²) in [5, 5.41) is -1.77. The van der Waals surface area contributed by atoms with Gasteiger partial charge in [0.2, 0.25) is 5.82 Å². The fourth-order valence-electron chi connectivity index (χ4n) is 2.46. The molecule has 26 heavy (non-hydrogen) atoms. The Labute approximate surface area is 145 Å². The molecule has 0 aromatic heterocycles. The van der Waals surface area contributed by atoms with Crippen molar-refractivity contribution in [1.29, 1.82) is 0 Å². The molecule has 1 heterocycles. The molecule has 4 nitrogen and oxygen atoms in total. The molecule has 0 saturated heterocycles. The first-order valence-electron chi connectivity index (χ1n) is 6.69. The van der Waals surface area contributed by atoms with Crippen LogP contribution >= 0.6 is 11.6 Å². The fourth-order valence-corrected chi connectivity index (χ4v) is 2.77. The Morgan fingerprint density at radius 2 is 1.42 bits per heavy atom. The number of carbonyl (C=O) groups is 1.